The number of piperidine rings is 1. The van der Waals surface area contributed by atoms with Crippen molar-refractivity contribution in [2.45, 2.75) is 58.2 Å². The summed E-state index contributed by atoms with van der Waals surface area (Å²) in [5, 5.41) is 15.9. The van der Waals surface area contributed by atoms with E-state index in [1.165, 1.54) is 6.92 Å². The van der Waals surface area contributed by atoms with Gasteiger partial charge in [-0.25, -0.2) is 4.98 Å². The maximum absolute atomic E-state index is 11.9. The van der Waals surface area contributed by atoms with Crippen molar-refractivity contribution in [2.24, 2.45) is 0 Å². The standard InChI is InChI=1S/C17H28ClN5O3/c1-3-4-5-15-20-13(17(18)22-15)10-23-7-6-14(25)12(9-23)21-16(26)8-19-11(2)24/h12,14,25H,3-10H2,1-2H3,(H,19,24)(H,20,22)(H,21,26)/t12-,14+/m1/s1. The normalized spacial score (nSPS) is 20.8. The number of imidazole rings is 1. The van der Waals surface area contributed by atoms with Crippen molar-refractivity contribution in [3.05, 3.63) is 16.7 Å². The Morgan fingerprint density at radius 2 is 2.23 bits per heavy atom. The highest BCUT2D eigenvalue weighted by Crippen LogP contribution is 2.19. The van der Waals surface area contributed by atoms with Crippen LogP contribution in [0.4, 0.5) is 0 Å². The van der Waals surface area contributed by atoms with Crippen LogP contribution in [0, 0.1) is 0 Å². The summed E-state index contributed by atoms with van der Waals surface area (Å²) < 4.78 is 0. The first-order chi connectivity index (χ1) is 12.4. The van der Waals surface area contributed by atoms with Gasteiger partial charge in [0.15, 0.2) is 5.15 Å². The molecule has 0 aromatic carbocycles. The molecule has 1 aromatic heterocycles. The third kappa shape index (κ3) is 6.26. The third-order valence-corrected chi connectivity index (χ3v) is 4.74. The topological polar surface area (TPSA) is 110 Å². The van der Waals surface area contributed by atoms with Gasteiger partial charge in [-0.2, -0.15) is 0 Å². The monoisotopic (exact) mass is 385 g/mol. The molecule has 1 aromatic rings. The van der Waals surface area contributed by atoms with Gasteiger partial charge in [0.1, 0.15) is 5.82 Å². The number of aliphatic hydroxyl groups is 1. The summed E-state index contributed by atoms with van der Waals surface area (Å²) in [5.41, 5.74) is 0.859. The molecule has 0 spiro atoms. The zero-order valence-corrected chi connectivity index (χ0v) is 16.1. The van der Waals surface area contributed by atoms with E-state index in [0.717, 1.165) is 30.8 Å². The summed E-state index contributed by atoms with van der Waals surface area (Å²) in [7, 11) is 0. The molecular formula is C17H28ClN5O3. The summed E-state index contributed by atoms with van der Waals surface area (Å²) >= 11 is 6.24. The molecule has 9 heteroatoms. The lowest BCUT2D eigenvalue weighted by Gasteiger charge is -2.36. The molecule has 0 saturated carbocycles. The van der Waals surface area contributed by atoms with Gasteiger partial charge in [-0.15, -0.1) is 0 Å². The van der Waals surface area contributed by atoms with Gasteiger partial charge in [-0.3, -0.25) is 14.5 Å². The number of aliphatic hydroxyl groups excluding tert-OH is 1. The summed E-state index contributed by atoms with van der Waals surface area (Å²) in [6.45, 7) is 5.19. The van der Waals surface area contributed by atoms with E-state index in [1.807, 2.05) is 0 Å². The summed E-state index contributed by atoms with van der Waals surface area (Å²) in [6.07, 6.45) is 2.97. The number of rotatable bonds is 8. The van der Waals surface area contributed by atoms with Gasteiger partial charge in [0.05, 0.1) is 24.4 Å². The predicted octanol–water partition coefficient (Wildman–Crippen LogP) is 0.593. The van der Waals surface area contributed by atoms with Crippen LogP contribution < -0.4 is 10.6 Å². The fourth-order valence-electron chi connectivity index (χ4n) is 2.99. The quantitative estimate of drug-likeness (QED) is 0.523. The van der Waals surface area contributed by atoms with Gasteiger partial charge in [0, 0.05) is 33.0 Å². The zero-order chi connectivity index (χ0) is 19.1. The second-order valence-electron chi connectivity index (χ2n) is 6.73. The maximum atomic E-state index is 11.9. The van der Waals surface area contributed by atoms with Crippen LogP contribution in [0.15, 0.2) is 0 Å². The Hall–Kier alpha value is -1.64. The number of aromatic nitrogens is 2. The molecule has 1 aliphatic heterocycles. The Morgan fingerprint density at radius 1 is 1.46 bits per heavy atom. The van der Waals surface area contributed by atoms with Crippen molar-refractivity contribution in [1.29, 1.82) is 0 Å². The predicted molar refractivity (Wildman–Crippen MR) is 98.7 cm³/mol. The van der Waals surface area contributed by atoms with Crippen LogP contribution in [-0.2, 0) is 22.6 Å². The van der Waals surface area contributed by atoms with Crippen molar-refractivity contribution in [2.75, 3.05) is 19.6 Å². The first-order valence-electron chi connectivity index (χ1n) is 9.06. The minimum absolute atomic E-state index is 0.0915. The number of hydrogen-bond acceptors (Lipinski definition) is 5. The third-order valence-electron chi connectivity index (χ3n) is 4.43. The second kappa shape index (κ2) is 9.89. The van der Waals surface area contributed by atoms with E-state index in [1.54, 1.807) is 0 Å². The lowest BCUT2D eigenvalue weighted by molar-refractivity contribution is -0.126. The minimum Gasteiger partial charge on any atom is -0.391 e. The average Bonchev–Trinajstić information content (AvgIpc) is 2.94. The van der Waals surface area contributed by atoms with Crippen LogP contribution in [0.25, 0.3) is 0 Å². The van der Waals surface area contributed by atoms with Crippen molar-refractivity contribution >= 4 is 23.4 Å². The van der Waals surface area contributed by atoms with Crippen molar-refractivity contribution < 1.29 is 14.7 Å². The van der Waals surface area contributed by atoms with Crippen LogP contribution in [0.3, 0.4) is 0 Å². The van der Waals surface area contributed by atoms with Crippen molar-refractivity contribution in [1.82, 2.24) is 25.5 Å². The van der Waals surface area contributed by atoms with Crippen LogP contribution >= 0.6 is 11.6 Å². The largest absolute Gasteiger partial charge is 0.391 e. The molecule has 0 aliphatic carbocycles. The molecule has 2 rings (SSSR count). The Kier molecular flexibility index (Phi) is 7.86. The van der Waals surface area contributed by atoms with Gasteiger partial charge in [0.2, 0.25) is 11.8 Å². The molecule has 2 heterocycles. The number of halogens is 1. The number of carbonyl (C=O) groups is 2. The first kappa shape index (κ1) is 20.7. The number of aromatic amines is 1. The van der Waals surface area contributed by atoms with Crippen LogP contribution in [0.5, 0.6) is 0 Å². The molecular weight excluding hydrogens is 358 g/mol. The number of carbonyl (C=O) groups excluding carboxylic acids is 2. The van der Waals surface area contributed by atoms with E-state index in [9.17, 15) is 14.7 Å². The number of nitrogens with zero attached hydrogens (tertiary/aromatic N) is 2. The number of unbranched alkanes of at least 4 members (excludes halogenated alkanes) is 1. The second-order valence-corrected chi connectivity index (χ2v) is 7.09. The molecule has 1 aliphatic rings. The SMILES string of the molecule is CCCCc1nc(Cl)c(CN2CC[C@H](O)[C@H](NC(=O)CNC(C)=O)C2)[nH]1. The molecule has 2 atom stereocenters. The number of aryl methyl sites for hydroxylation is 1. The van der Waals surface area contributed by atoms with Gasteiger partial charge < -0.3 is 20.7 Å². The number of hydrogen-bond donors (Lipinski definition) is 4. The lowest BCUT2D eigenvalue weighted by Crippen LogP contribution is -2.56. The molecule has 0 bridgehead atoms. The van der Waals surface area contributed by atoms with Crippen LogP contribution in [-0.4, -0.2) is 63.6 Å². The molecule has 0 unspecified atom stereocenters. The minimum atomic E-state index is -0.607. The van der Waals surface area contributed by atoms with E-state index in [4.69, 9.17) is 11.6 Å². The molecule has 1 saturated heterocycles. The fraction of sp³-hybridized carbons (Fsp3) is 0.706. The number of nitrogens with one attached hydrogen (secondary N) is 3. The van der Waals surface area contributed by atoms with E-state index in [0.29, 0.717) is 31.2 Å². The Bertz CT molecular complexity index is 622. The summed E-state index contributed by atoms with van der Waals surface area (Å²) in [6, 6.07) is -0.383. The summed E-state index contributed by atoms with van der Waals surface area (Å²) in [5.74, 6) is 0.315. The zero-order valence-electron chi connectivity index (χ0n) is 15.3. The molecule has 26 heavy (non-hydrogen) atoms. The smallest absolute Gasteiger partial charge is 0.239 e. The molecule has 4 N–H and O–H groups in total. The fourth-order valence-corrected chi connectivity index (χ4v) is 3.19. The number of H-pyrrole nitrogens is 1. The highest BCUT2D eigenvalue weighted by atomic mass is 35.5. The van der Waals surface area contributed by atoms with Gasteiger partial charge in [0.25, 0.3) is 0 Å². The molecule has 8 nitrogen and oxygen atoms in total. The van der Waals surface area contributed by atoms with E-state index in [-0.39, 0.29) is 24.4 Å². The van der Waals surface area contributed by atoms with E-state index < -0.39 is 6.10 Å². The maximum Gasteiger partial charge on any atom is 0.239 e. The van der Waals surface area contributed by atoms with Gasteiger partial charge >= 0.3 is 0 Å². The molecule has 1 fully saturated rings. The van der Waals surface area contributed by atoms with Crippen molar-refractivity contribution in [3.63, 3.8) is 0 Å². The highest BCUT2D eigenvalue weighted by molar-refractivity contribution is 6.30. The average molecular weight is 386 g/mol. The highest BCUT2D eigenvalue weighted by Gasteiger charge is 2.29. The van der Waals surface area contributed by atoms with Gasteiger partial charge in [-0.1, -0.05) is 24.9 Å². The molecule has 2 amide bonds. The summed E-state index contributed by atoms with van der Waals surface area (Å²) in [4.78, 5) is 32.5. The number of amides is 2. The van der Waals surface area contributed by atoms with Gasteiger partial charge in [-0.05, 0) is 12.8 Å². The van der Waals surface area contributed by atoms with Crippen LogP contribution in [0.1, 0.15) is 44.6 Å². The van der Waals surface area contributed by atoms with E-state index in [2.05, 4.69) is 32.4 Å². The Balaban J connectivity index is 1.89. The van der Waals surface area contributed by atoms with Crippen molar-refractivity contribution in [3.8, 4) is 0 Å². The molecule has 146 valence electrons. The first-order valence-corrected chi connectivity index (χ1v) is 9.44. The van der Waals surface area contributed by atoms with E-state index >= 15 is 0 Å². The molecule has 0 radical (unpaired) electrons. The number of likely N-dealkylation sites (tertiary alicyclic amines) is 1. The lowest BCUT2D eigenvalue weighted by atomic mass is 10.0. The Labute approximate surface area is 158 Å². The van der Waals surface area contributed by atoms with Crippen LogP contribution in [0.2, 0.25) is 5.15 Å². The Morgan fingerprint density at radius 3 is 2.92 bits per heavy atom.